The van der Waals surface area contributed by atoms with Crippen molar-refractivity contribution in [2.75, 3.05) is 23.2 Å². The topological polar surface area (TPSA) is 105 Å². The van der Waals surface area contributed by atoms with Gasteiger partial charge in [0.15, 0.2) is 11.6 Å². The number of nitrogens with one attached hydrogen (secondary N) is 2. The molecule has 8 heteroatoms. The molecule has 0 atom stereocenters. The number of para-hydroxylation sites is 1. The Morgan fingerprint density at radius 1 is 0.882 bits per heavy atom. The van der Waals surface area contributed by atoms with Crippen LogP contribution < -0.4 is 26.2 Å². The molecule has 1 aromatic heterocycles. The fraction of sp³-hybridized carbons (Fsp3) is 0.115. The van der Waals surface area contributed by atoms with E-state index in [1.165, 1.54) is 13.4 Å². The highest BCUT2D eigenvalue weighted by molar-refractivity contribution is 5.97. The maximum Gasteiger partial charge on any atom is 0.273 e. The van der Waals surface area contributed by atoms with E-state index in [2.05, 4.69) is 50.0 Å². The van der Waals surface area contributed by atoms with Crippen molar-refractivity contribution in [1.29, 1.82) is 0 Å². The Balaban J connectivity index is 1.57. The van der Waals surface area contributed by atoms with Gasteiger partial charge in [-0.05, 0) is 23.3 Å². The number of hydrogen-bond acceptors (Lipinski definition) is 7. The number of nitrogens with two attached hydrogens (primary N) is 1. The fourth-order valence-electron chi connectivity index (χ4n) is 3.57. The van der Waals surface area contributed by atoms with E-state index >= 15 is 0 Å². The average Bonchev–Trinajstić information content (AvgIpc) is 2.89. The van der Waals surface area contributed by atoms with E-state index in [9.17, 15) is 4.79 Å². The lowest BCUT2D eigenvalue weighted by Crippen LogP contribution is -2.31. The number of hydrogen-bond donors (Lipinski definition) is 3. The summed E-state index contributed by atoms with van der Waals surface area (Å²) in [6, 6.07) is 27.1. The third kappa shape index (κ3) is 5.42. The molecule has 0 saturated carbocycles. The molecule has 4 rings (SSSR count). The number of methoxy groups -OCH3 is 1. The van der Waals surface area contributed by atoms with Gasteiger partial charge in [0.2, 0.25) is 0 Å². The molecule has 172 valence electrons. The first-order valence-electron chi connectivity index (χ1n) is 10.8. The quantitative estimate of drug-likeness (QED) is 0.328. The van der Waals surface area contributed by atoms with Crippen LogP contribution in [0.5, 0.6) is 5.75 Å². The highest BCUT2D eigenvalue weighted by Gasteiger charge is 2.18. The number of amides is 1. The van der Waals surface area contributed by atoms with Gasteiger partial charge in [-0.1, -0.05) is 72.8 Å². The van der Waals surface area contributed by atoms with Crippen molar-refractivity contribution < 1.29 is 9.53 Å². The Morgan fingerprint density at radius 3 is 2.09 bits per heavy atom. The number of aromatic nitrogens is 2. The summed E-state index contributed by atoms with van der Waals surface area (Å²) in [6.45, 7) is 1.20. The maximum atomic E-state index is 12.7. The van der Waals surface area contributed by atoms with Crippen LogP contribution in [0.4, 0.5) is 17.3 Å². The van der Waals surface area contributed by atoms with E-state index in [0.29, 0.717) is 41.7 Å². The van der Waals surface area contributed by atoms with Crippen LogP contribution in [-0.4, -0.2) is 23.0 Å². The minimum Gasteiger partial charge on any atom is -0.496 e. The summed E-state index contributed by atoms with van der Waals surface area (Å²) in [6.07, 6.45) is 1.42. The largest absolute Gasteiger partial charge is 0.496 e. The number of anilines is 3. The number of carbonyl (C=O) groups excluding carboxylic acids is 1. The van der Waals surface area contributed by atoms with Crippen LogP contribution in [0.2, 0.25) is 0 Å². The van der Waals surface area contributed by atoms with Crippen molar-refractivity contribution in [3.05, 3.63) is 108 Å². The number of ether oxygens (including phenoxy) is 1. The molecule has 0 spiro atoms. The number of rotatable bonds is 9. The number of nitrogens with zero attached hydrogens (tertiary/aromatic N) is 3. The lowest BCUT2D eigenvalue weighted by atomic mass is 10.1. The Morgan fingerprint density at radius 2 is 1.47 bits per heavy atom. The van der Waals surface area contributed by atoms with E-state index in [0.717, 1.165) is 11.1 Å². The van der Waals surface area contributed by atoms with Gasteiger partial charge in [0.1, 0.15) is 17.8 Å². The molecule has 0 fully saturated rings. The van der Waals surface area contributed by atoms with Crippen molar-refractivity contribution >= 4 is 23.2 Å². The summed E-state index contributed by atoms with van der Waals surface area (Å²) in [7, 11) is 1.52. The van der Waals surface area contributed by atoms with Gasteiger partial charge < -0.3 is 15.4 Å². The Labute approximate surface area is 198 Å². The second-order valence-corrected chi connectivity index (χ2v) is 7.57. The first-order valence-corrected chi connectivity index (χ1v) is 10.8. The van der Waals surface area contributed by atoms with Gasteiger partial charge in [0.05, 0.1) is 12.7 Å². The summed E-state index contributed by atoms with van der Waals surface area (Å²) in [5.41, 5.74) is 14.9. The molecule has 0 aliphatic rings. The maximum absolute atomic E-state index is 12.7. The van der Waals surface area contributed by atoms with E-state index in [4.69, 9.17) is 10.5 Å². The number of benzene rings is 3. The third-order valence-electron chi connectivity index (χ3n) is 5.24. The van der Waals surface area contributed by atoms with Crippen LogP contribution in [0, 0.1) is 0 Å². The molecule has 0 bridgehead atoms. The van der Waals surface area contributed by atoms with Crippen molar-refractivity contribution in [3.63, 3.8) is 0 Å². The Kier molecular flexibility index (Phi) is 7.19. The van der Waals surface area contributed by atoms with Gasteiger partial charge in [0, 0.05) is 13.1 Å². The van der Waals surface area contributed by atoms with Gasteiger partial charge in [-0.15, -0.1) is 0 Å². The number of carbonyl (C=O) groups is 1. The van der Waals surface area contributed by atoms with Gasteiger partial charge in [-0.2, -0.15) is 0 Å². The molecular formula is C26H26N6O2. The number of nitrogen functional groups attached to an aromatic ring is 1. The molecule has 0 aliphatic heterocycles. The van der Waals surface area contributed by atoms with Crippen molar-refractivity contribution in [3.8, 4) is 5.75 Å². The minimum atomic E-state index is -0.373. The summed E-state index contributed by atoms with van der Waals surface area (Å²) < 4.78 is 5.26. The molecule has 0 unspecified atom stereocenters. The van der Waals surface area contributed by atoms with Gasteiger partial charge in [-0.3, -0.25) is 15.6 Å². The van der Waals surface area contributed by atoms with Crippen molar-refractivity contribution in [1.82, 2.24) is 15.4 Å². The van der Waals surface area contributed by atoms with Crippen LogP contribution in [0.3, 0.4) is 0 Å². The third-order valence-corrected chi connectivity index (χ3v) is 5.24. The van der Waals surface area contributed by atoms with Crippen molar-refractivity contribution in [2.24, 2.45) is 0 Å². The van der Waals surface area contributed by atoms with Crippen LogP contribution in [-0.2, 0) is 13.1 Å². The van der Waals surface area contributed by atoms with Crippen LogP contribution in [0.1, 0.15) is 21.5 Å². The number of hydrazine groups is 1. The molecule has 3 aromatic carbocycles. The Bertz CT molecular complexity index is 1190. The lowest BCUT2D eigenvalue weighted by Gasteiger charge is -2.26. The van der Waals surface area contributed by atoms with Crippen LogP contribution in [0.25, 0.3) is 0 Å². The normalized spacial score (nSPS) is 10.4. The summed E-state index contributed by atoms with van der Waals surface area (Å²) in [5.74, 6) is 0.966. The molecule has 1 amide bonds. The summed E-state index contributed by atoms with van der Waals surface area (Å²) in [4.78, 5) is 23.4. The van der Waals surface area contributed by atoms with E-state index < -0.39 is 0 Å². The first-order chi connectivity index (χ1) is 16.7. The van der Waals surface area contributed by atoms with Crippen molar-refractivity contribution in [2.45, 2.75) is 13.1 Å². The van der Waals surface area contributed by atoms with Crippen LogP contribution in [0.15, 0.2) is 91.3 Å². The molecular weight excluding hydrogens is 428 g/mol. The Hall–Kier alpha value is -4.59. The molecule has 4 aromatic rings. The predicted octanol–water partition coefficient (Wildman–Crippen LogP) is 4.03. The van der Waals surface area contributed by atoms with E-state index in [1.807, 2.05) is 36.4 Å². The molecule has 8 nitrogen and oxygen atoms in total. The molecule has 4 N–H and O–H groups in total. The monoisotopic (exact) mass is 454 g/mol. The summed E-state index contributed by atoms with van der Waals surface area (Å²) in [5, 5.41) is 0. The highest BCUT2D eigenvalue weighted by Crippen LogP contribution is 2.28. The molecule has 34 heavy (non-hydrogen) atoms. The minimum absolute atomic E-state index is 0.305. The average molecular weight is 455 g/mol. The molecule has 0 aliphatic carbocycles. The molecule has 1 heterocycles. The highest BCUT2D eigenvalue weighted by atomic mass is 16.5. The summed E-state index contributed by atoms with van der Waals surface area (Å²) >= 11 is 0. The zero-order valence-electron chi connectivity index (χ0n) is 18.8. The second-order valence-electron chi connectivity index (χ2n) is 7.57. The fourth-order valence-corrected chi connectivity index (χ4v) is 3.57. The lowest BCUT2D eigenvalue weighted by molar-refractivity contribution is 0.0959. The van der Waals surface area contributed by atoms with Gasteiger partial charge in [-0.25, -0.2) is 9.97 Å². The van der Waals surface area contributed by atoms with Gasteiger partial charge >= 0.3 is 0 Å². The standard InChI is InChI=1S/C26H26N6O2/c1-34-22-15-9-8-14-21(22)26(33)31-30-24-23(27)25(29-18-28-24)32(16-19-10-4-2-5-11-19)17-20-12-6-3-7-13-20/h2-15,18H,16-17,27H2,1H3,(H,31,33)(H,28,29,30). The zero-order valence-corrected chi connectivity index (χ0v) is 18.8. The van der Waals surface area contributed by atoms with E-state index in [1.54, 1.807) is 24.3 Å². The second kappa shape index (κ2) is 10.8. The van der Waals surface area contributed by atoms with Gasteiger partial charge in [0.25, 0.3) is 5.91 Å². The van der Waals surface area contributed by atoms with Crippen LogP contribution >= 0.6 is 0 Å². The predicted molar refractivity (Wildman–Crippen MR) is 133 cm³/mol. The first kappa shape index (κ1) is 22.6. The smallest absolute Gasteiger partial charge is 0.273 e. The zero-order chi connectivity index (χ0) is 23.8. The SMILES string of the molecule is COc1ccccc1C(=O)NNc1ncnc(N(Cc2ccccc2)Cc2ccccc2)c1N. The van der Waals surface area contributed by atoms with E-state index in [-0.39, 0.29) is 5.91 Å². The molecule has 0 radical (unpaired) electrons. The molecule has 0 saturated heterocycles.